The number of likely N-dealkylation sites (tertiary alicyclic amines) is 1. The molecule has 0 saturated carbocycles. The zero-order valence-corrected chi connectivity index (χ0v) is 17.9. The topological polar surface area (TPSA) is 84.8 Å². The molecule has 1 aliphatic rings. The maximum atomic E-state index is 13.3. The first kappa shape index (κ1) is 20.2. The van der Waals surface area contributed by atoms with E-state index in [9.17, 15) is 14.4 Å². The summed E-state index contributed by atoms with van der Waals surface area (Å²) in [6.45, 7) is 4.13. The number of nitrogens with zero attached hydrogens (tertiary/aromatic N) is 6. The van der Waals surface area contributed by atoms with E-state index < -0.39 is 0 Å². The number of rotatable bonds is 4. The van der Waals surface area contributed by atoms with Crippen molar-refractivity contribution >= 4 is 28.6 Å². The summed E-state index contributed by atoms with van der Waals surface area (Å²) in [7, 11) is 3.27. The van der Waals surface area contributed by atoms with Crippen LogP contribution in [0.3, 0.4) is 0 Å². The van der Waals surface area contributed by atoms with Crippen molar-refractivity contribution in [3.63, 3.8) is 0 Å². The first-order chi connectivity index (χ1) is 14.3. The lowest BCUT2D eigenvalue weighted by Crippen LogP contribution is -2.48. The van der Waals surface area contributed by atoms with E-state index in [1.165, 1.54) is 9.30 Å². The molecule has 1 saturated heterocycles. The first-order valence-electron chi connectivity index (χ1n) is 10.4. The van der Waals surface area contributed by atoms with E-state index in [0.717, 1.165) is 29.5 Å². The Balaban J connectivity index is 1.79. The molecule has 160 valence electrons. The van der Waals surface area contributed by atoms with Crippen molar-refractivity contribution in [3.05, 3.63) is 34.7 Å². The smallest absolute Gasteiger partial charge is 0.347 e. The van der Waals surface area contributed by atoms with Crippen LogP contribution in [-0.4, -0.2) is 66.5 Å². The van der Waals surface area contributed by atoms with Gasteiger partial charge in [-0.3, -0.25) is 14.2 Å². The molecule has 3 aromatic rings. The first-order valence-corrected chi connectivity index (χ1v) is 10.4. The minimum absolute atomic E-state index is 0.0179. The summed E-state index contributed by atoms with van der Waals surface area (Å²) in [4.78, 5) is 41.7. The van der Waals surface area contributed by atoms with Gasteiger partial charge in [0.2, 0.25) is 17.6 Å². The lowest BCUT2D eigenvalue weighted by Gasteiger charge is -2.39. The molecule has 2 aromatic heterocycles. The van der Waals surface area contributed by atoms with Crippen molar-refractivity contribution in [3.8, 4) is 0 Å². The molecule has 0 bridgehead atoms. The Labute approximate surface area is 174 Å². The Morgan fingerprint density at radius 1 is 1.07 bits per heavy atom. The van der Waals surface area contributed by atoms with Gasteiger partial charge in [0.05, 0.1) is 11.0 Å². The summed E-state index contributed by atoms with van der Waals surface area (Å²) >= 11 is 0. The number of amides is 2. The normalized spacial score (nSPS) is 19.5. The third-order valence-electron chi connectivity index (χ3n) is 6.04. The molecule has 1 aromatic carbocycles. The van der Waals surface area contributed by atoms with E-state index >= 15 is 0 Å². The van der Waals surface area contributed by atoms with E-state index in [-0.39, 0.29) is 42.7 Å². The number of benzene rings is 1. The Kier molecular flexibility index (Phi) is 5.13. The monoisotopic (exact) mass is 412 g/mol. The fourth-order valence-electron chi connectivity index (χ4n) is 4.43. The summed E-state index contributed by atoms with van der Waals surface area (Å²) in [6, 6.07) is 7.82. The highest BCUT2D eigenvalue weighted by Crippen LogP contribution is 2.24. The molecule has 9 heteroatoms. The lowest BCUT2D eigenvalue weighted by atomic mass is 9.97. The zero-order valence-electron chi connectivity index (χ0n) is 17.9. The van der Waals surface area contributed by atoms with E-state index in [1.807, 2.05) is 29.2 Å². The van der Waals surface area contributed by atoms with Gasteiger partial charge in [-0.05, 0) is 45.2 Å². The van der Waals surface area contributed by atoms with E-state index in [1.54, 1.807) is 18.7 Å². The van der Waals surface area contributed by atoms with E-state index in [4.69, 9.17) is 0 Å². The highest BCUT2D eigenvalue weighted by atomic mass is 16.2. The SMILES string of the molecule is C[C@@H]1CCC[C@@H](C)N1C(=O)Cn1c2ccccc2n2c(=O)n(CC(=O)N(C)C)nc12. The van der Waals surface area contributed by atoms with Gasteiger partial charge in [-0.2, -0.15) is 0 Å². The number of hydrogen-bond acceptors (Lipinski definition) is 4. The van der Waals surface area contributed by atoms with Crippen LogP contribution in [0.2, 0.25) is 0 Å². The van der Waals surface area contributed by atoms with Crippen molar-refractivity contribution in [2.24, 2.45) is 0 Å². The fourth-order valence-corrected chi connectivity index (χ4v) is 4.43. The molecule has 0 radical (unpaired) electrons. The third kappa shape index (κ3) is 3.28. The van der Waals surface area contributed by atoms with Crippen LogP contribution in [0, 0.1) is 0 Å². The molecular formula is C21H28N6O3. The minimum Gasteiger partial charge on any atom is -0.347 e. The van der Waals surface area contributed by atoms with Crippen LogP contribution in [0.5, 0.6) is 0 Å². The van der Waals surface area contributed by atoms with Crippen LogP contribution in [0.1, 0.15) is 33.1 Å². The molecule has 9 nitrogen and oxygen atoms in total. The van der Waals surface area contributed by atoms with E-state index in [0.29, 0.717) is 11.3 Å². The molecule has 4 rings (SSSR count). The zero-order chi connectivity index (χ0) is 21.6. The van der Waals surface area contributed by atoms with Crippen molar-refractivity contribution in [1.82, 2.24) is 28.5 Å². The molecule has 0 spiro atoms. The average Bonchev–Trinajstić information content (AvgIpc) is 3.17. The van der Waals surface area contributed by atoms with Gasteiger partial charge in [0.25, 0.3) is 0 Å². The van der Waals surface area contributed by atoms with Crippen LogP contribution in [0.4, 0.5) is 0 Å². The maximum Gasteiger partial charge on any atom is 0.352 e. The second-order valence-corrected chi connectivity index (χ2v) is 8.37. The molecule has 0 N–H and O–H groups in total. The molecule has 1 aliphatic heterocycles. The number of para-hydroxylation sites is 2. The fraction of sp³-hybridized carbons (Fsp3) is 0.524. The lowest BCUT2D eigenvalue weighted by molar-refractivity contribution is -0.137. The number of carbonyl (C=O) groups excluding carboxylic acids is 2. The van der Waals surface area contributed by atoms with E-state index in [2.05, 4.69) is 18.9 Å². The summed E-state index contributed by atoms with van der Waals surface area (Å²) < 4.78 is 4.43. The highest BCUT2D eigenvalue weighted by Gasteiger charge is 2.30. The number of hydrogen-bond donors (Lipinski definition) is 0. The molecule has 2 atom stereocenters. The van der Waals surface area contributed by atoms with Gasteiger partial charge in [0, 0.05) is 26.2 Å². The maximum absolute atomic E-state index is 13.3. The molecule has 2 amide bonds. The Bertz CT molecular complexity index is 1160. The highest BCUT2D eigenvalue weighted by molar-refractivity contribution is 5.85. The Morgan fingerprint density at radius 2 is 1.70 bits per heavy atom. The number of piperidine rings is 1. The quantitative estimate of drug-likeness (QED) is 0.647. The van der Waals surface area contributed by atoms with Gasteiger partial charge in [0.15, 0.2) is 0 Å². The van der Waals surface area contributed by atoms with Gasteiger partial charge in [-0.25, -0.2) is 13.9 Å². The summed E-state index contributed by atoms with van der Waals surface area (Å²) in [6.07, 6.45) is 3.12. The summed E-state index contributed by atoms with van der Waals surface area (Å²) in [5.74, 6) is 0.170. The van der Waals surface area contributed by atoms with Gasteiger partial charge >= 0.3 is 5.69 Å². The van der Waals surface area contributed by atoms with Gasteiger partial charge in [-0.1, -0.05) is 12.1 Å². The van der Waals surface area contributed by atoms with Crippen LogP contribution in [0.15, 0.2) is 29.1 Å². The molecule has 30 heavy (non-hydrogen) atoms. The molecule has 1 fully saturated rings. The number of likely N-dealkylation sites (N-methyl/N-ethyl adjacent to an activating group) is 1. The predicted octanol–water partition coefficient (Wildman–Crippen LogP) is 1.33. The molecule has 3 heterocycles. The van der Waals surface area contributed by atoms with Crippen molar-refractivity contribution in [2.45, 2.75) is 58.3 Å². The largest absolute Gasteiger partial charge is 0.352 e. The number of aromatic nitrogens is 4. The van der Waals surface area contributed by atoms with Gasteiger partial charge in [-0.15, -0.1) is 5.10 Å². The van der Waals surface area contributed by atoms with Crippen LogP contribution < -0.4 is 5.69 Å². The van der Waals surface area contributed by atoms with Crippen LogP contribution >= 0.6 is 0 Å². The summed E-state index contributed by atoms with van der Waals surface area (Å²) in [5.41, 5.74) is 1.06. The number of fused-ring (bicyclic) bond motifs is 3. The van der Waals surface area contributed by atoms with Gasteiger partial charge in [0.1, 0.15) is 13.1 Å². The standard InChI is InChI=1S/C21H28N6O3/c1-14-8-7-9-15(2)26(14)19(29)12-24-16-10-5-6-11-17(16)27-20(24)22-25(21(27)30)13-18(28)23(3)4/h5-6,10-11,14-15H,7-9,12-13H2,1-4H3/t14-,15-/m1/s1. The minimum atomic E-state index is -0.387. The van der Waals surface area contributed by atoms with Crippen molar-refractivity contribution in [2.75, 3.05) is 14.1 Å². The molecular weight excluding hydrogens is 384 g/mol. The second kappa shape index (κ2) is 7.62. The predicted molar refractivity (Wildman–Crippen MR) is 113 cm³/mol. The summed E-state index contributed by atoms with van der Waals surface area (Å²) in [5, 5.41) is 4.42. The number of carbonyl (C=O) groups is 2. The number of imidazole rings is 1. The Morgan fingerprint density at radius 3 is 2.33 bits per heavy atom. The molecule has 0 unspecified atom stereocenters. The van der Waals surface area contributed by atoms with Crippen LogP contribution in [0.25, 0.3) is 16.8 Å². The second-order valence-electron chi connectivity index (χ2n) is 8.37. The average molecular weight is 412 g/mol. The van der Waals surface area contributed by atoms with Crippen molar-refractivity contribution < 1.29 is 9.59 Å². The van der Waals surface area contributed by atoms with Crippen molar-refractivity contribution in [1.29, 1.82) is 0 Å². The van der Waals surface area contributed by atoms with Crippen LogP contribution in [-0.2, 0) is 22.7 Å². The Hall–Kier alpha value is -3.10. The third-order valence-corrected chi connectivity index (χ3v) is 6.04. The van der Waals surface area contributed by atoms with Gasteiger partial charge < -0.3 is 9.80 Å². The molecule has 0 aliphatic carbocycles.